The zero-order valence-electron chi connectivity index (χ0n) is 7.50. The van der Waals surface area contributed by atoms with Crippen LogP contribution >= 0.6 is 11.6 Å². The number of esters is 1. The van der Waals surface area contributed by atoms with E-state index in [9.17, 15) is 4.79 Å². The molecule has 1 aliphatic rings. The van der Waals surface area contributed by atoms with Crippen LogP contribution < -0.4 is 10.1 Å². The number of aromatic nitrogens is 2. The highest BCUT2D eigenvalue weighted by Crippen LogP contribution is 2.32. The van der Waals surface area contributed by atoms with E-state index in [1.165, 1.54) is 0 Å². The van der Waals surface area contributed by atoms with Crippen LogP contribution in [0.15, 0.2) is 0 Å². The Hall–Kier alpha value is -1.36. The van der Waals surface area contributed by atoms with Gasteiger partial charge in [-0.3, -0.25) is 0 Å². The Balaban J connectivity index is 2.48. The maximum atomic E-state index is 10.9. The highest BCUT2D eigenvalue weighted by atomic mass is 35.5. The molecule has 5 nitrogen and oxygen atoms in total. The third kappa shape index (κ3) is 1.50. The highest BCUT2D eigenvalue weighted by Gasteiger charge is 2.22. The fraction of sp³-hybridized carbons (Fsp3) is 0.375. The Morgan fingerprint density at radius 2 is 2.36 bits per heavy atom. The molecule has 0 fully saturated rings. The summed E-state index contributed by atoms with van der Waals surface area (Å²) in [6, 6.07) is 0. The average molecular weight is 214 g/mol. The molecule has 1 aromatic rings. The molecule has 0 saturated heterocycles. The zero-order valence-corrected chi connectivity index (χ0v) is 8.26. The van der Waals surface area contributed by atoms with E-state index in [0.29, 0.717) is 18.1 Å². The summed E-state index contributed by atoms with van der Waals surface area (Å²) in [4.78, 5) is 19.1. The molecule has 0 aromatic carbocycles. The van der Waals surface area contributed by atoms with Crippen LogP contribution in [0.5, 0.6) is 5.75 Å². The summed E-state index contributed by atoms with van der Waals surface area (Å²) in [5.41, 5.74) is 0. The molecule has 0 atom stereocenters. The summed E-state index contributed by atoms with van der Waals surface area (Å²) in [5.74, 6) is 0.952. The fourth-order valence-corrected chi connectivity index (χ4v) is 1.37. The Kier molecular flexibility index (Phi) is 2.25. The normalized spacial score (nSPS) is 14.3. The Morgan fingerprint density at radius 1 is 1.57 bits per heavy atom. The Morgan fingerprint density at radius 3 is 3.07 bits per heavy atom. The molecule has 2 rings (SSSR count). The van der Waals surface area contributed by atoms with Gasteiger partial charge in [-0.05, 0) is 0 Å². The summed E-state index contributed by atoms with van der Waals surface area (Å²) in [6.07, 6.45) is 0.683. The maximum absolute atomic E-state index is 10.9. The number of carbonyl (C=O) groups excluding carboxylic acids is 1. The number of carbonyl (C=O) groups is 1. The molecule has 0 bridgehead atoms. The largest absolute Gasteiger partial charge is 0.418 e. The van der Waals surface area contributed by atoms with Gasteiger partial charge >= 0.3 is 5.97 Å². The lowest BCUT2D eigenvalue weighted by Gasteiger charge is -2.17. The topological polar surface area (TPSA) is 64.1 Å². The number of hydrogen-bond donors (Lipinski definition) is 1. The lowest BCUT2D eigenvalue weighted by Crippen LogP contribution is -2.26. The third-order valence-corrected chi connectivity index (χ3v) is 2.06. The van der Waals surface area contributed by atoms with Gasteiger partial charge in [-0.25, -0.2) is 14.8 Å². The van der Waals surface area contributed by atoms with Gasteiger partial charge in [-0.15, -0.1) is 0 Å². The molecule has 14 heavy (non-hydrogen) atoms. The molecule has 6 heteroatoms. The summed E-state index contributed by atoms with van der Waals surface area (Å²) in [7, 11) is 0. The predicted octanol–water partition coefficient (Wildman–Crippen LogP) is 1.02. The number of nitrogens with one attached hydrogen (secondary N) is 1. The molecule has 1 N–H and O–H groups in total. The first-order valence-electron chi connectivity index (χ1n) is 4.21. The van der Waals surface area contributed by atoms with E-state index in [1.54, 1.807) is 0 Å². The van der Waals surface area contributed by atoms with E-state index >= 15 is 0 Å². The molecular weight excluding hydrogens is 206 g/mol. The number of nitrogens with zero attached hydrogens (tertiary/aromatic N) is 2. The number of hydrogen-bond acceptors (Lipinski definition) is 5. The fourth-order valence-electron chi connectivity index (χ4n) is 1.14. The van der Waals surface area contributed by atoms with Gasteiger partial charge in [0.15, 0.2) is 11.0 Å². The molecule has 0 aliphatic carbocycles. The van der Waals surface area contributed by atoms with Gasteiger partial charge in [0.25, 0.3) is 0 Å². The van der Waals surface area contributed by atoms with Crippen molar-refractivity contribution in [1.29, 1.82) is 0 Å². The number of rotatable bonds is 1. The van der Waals surface area contributed by atoms with Crippen molar-refractivity contribution in [1.82, 2.24) is 9.97 Å². The molecular formula is C8H8ClN3O2. The van der Waals surface area contributed by atoms with E-state index in [4.69, 9.17) is 16.3 Å². The Labute approximate surface area is 85.5 Å². The molecule has 0 spiro atoms. The minimum Gasteiger partial charge on any atom is -0.418 e. The van der Waals surface area contributed by atoms with Crippen LogP contribution in [0, 0.1) is 0 Å². The van der Waals surface area contributed by atoms with Gasteiger partial charge in [0, 0.05) is 6.42 Å². The van der Waals surface area contributed by atoms with E-state index in [2.05, 4.69) is 15.3 Å². The first-order valence-corrected chi connectivity index (χ1v) is 4.59. The van der Waals surface area contributed by atoms with E-state index in [0.717, 1.165) is 0 Å². The minimum atomic E-state index is -0.382. The van der Waals surface area contributed by atoms with Gasteiger partial charge in [0.1, 0.15) is 12.4 Å². The van der Waals surface area contributed by atoms with Crippen molar-refractivity contribution in [2.45, 2.75) is 13.3 Å². The smallest absolute Gasteiger partial charge is 0.331 e. The van der Waals surface area contributed by atoms with Gasteiger partial charge in [-0.2, -0.15) is 0 Å². The van der Waals surface area contributed by atoms with E-state index in [-0.39, 0.29) is 23.4 Å². The van der Waals surface area contributed by atoms with Crippen molar-refractivity contribution in [2.24, 2.45) is 0 Å². The average Bonchev–Trinajstić information content (AvgIpc) is 2.19. The number of halogens is 1. The molecule has 0 radical (unpaired) electrons. The SMILES string of the molecule is CCc1nc(Cl)c2c(n1)NCC(=O)O2. The molecule has 0 saturated carbocycles. The zero-order chi connectivity index (χ0) is 10.1. The van der Waals surface area contributed by atoms with Crippen molar-refractivity contribution in [3.8, 4) is 5.75 Å². The standard InChI is InChI=1S/C8H8ClN3O2/c1-2-4-11-7(9)6-8(12-4)10-3-5(13)14-6/h2-3H2,1H3,(H,10,11,12). The van der Waals surface area contributed by atoms with Crippen LogP contribution in [-0.2, 0) is 11.2 Å². The molecule has 0 unspecified atom stereocenters. The van der Waals surface area contributed by atoms with Gasteiger partial charge in [-0.1, -0.05) is 18.5 Å². The van der Waals surface area contributed by atoms with Crippen LogP contribution in [0.3, 0.4) is 0 Å². The maximum Gasteiger partial charge on any atom is 0.331 e. The van der Waals surface area contributed by atoms with E-state index < -0.39 is 0 Å². The number of ether oxygens (including phenoxy) is 1. The van der Waals surface area contributed by atoms with E-state index in [1.807, 2.05) is 6.92 Å². The summed E-state index contributed by atoms with van der Waals surface area (Å²) in [5, 5.41) is 2.99. The highest BCUT2D eigenvalue weighted by molar-refractivity contribution is 6.31. The second-order valence-electron chi connectivity index (χ2n) is 2.79. The quantitative estimate of drug-likeness (QED) is 0.558. The monoisotopic (exact) mass is 213 g/mol. The van der Waals surface area contributed by atoms with Gasteiger partial charge in [0.2, 0.25) is 5.75 Å². The van der Waals surface area contributed by atoms with Crippen LogP contribution in [0.4, 0.5) is 5.82 Å². The van der Waals surface area contributed by atoms with Crippen molar-refractivity contribution in [2.75, 3.05) is 11.9 Å². The molecule has 1 aliphatic heterocycles. The van der Waals surface area contributed by atoms with Crippen LogP contribution in [0.25, 0.3) is 0 Å². The van der Waals surface area contributed by atoms with Crippen molar-refractivity contribution < 1.29 is 9.53 Å². The third-order valence-electron chi connectivity index (χ3n) is 1.80. The molecule has 1 aromatic heterocycles. The van der Waals surface area contributed by atoms with Crippen LogP contribution in [-0.4, -0.2) is 22.5 Å². The lowest BCUT2D eigenvalue weighted by atomic mass is 10.4. The lowest BCUT2D eigenvalue weighted by molar-refractivity contribution is -0.132. The Bertz CT molecular complexity index is 394. The molecule has 0 amide bonds. The van der Waals surface area contributed by atoms with Crippen molar-refractivity contribution in [3.05, 3.63) is 11.0 Å². The second-order valence-corrected chi connectivity index (χ2v) is 3.15. The summed E-state index contributed by atoms with van der Waals surface area (Å²) >= 11 is 5.82. The first kappa shape index (κ1) is 9.21. The van der Waals surface area contributed by atoms with Crippen LogP contribution in [0.2, 0.25) is 5.15 Å². The number of fused-ring (bicyclic) bond motifs is 1. The molecule has 2 heterocycles. The minimum absolute atomic E-state index is 0.115. The first-order chi connectivity index (χ1) is 6.70. The summed E-state index contributed by atoms with van der Waals surface area (Å²) < 4.78 is 4.90. The van der Waals surface area contributed by atoms with Gasteiger partial charge < -0.3 is 10.1 Å². The van der Waals surface area contributed by atoms with Crippen molar-refractivity contribution >= 4 is 23.4 Å². The predicted molar refractivity (Wildman–Crippen MR) is 50.5 cm³/mol. The van der Waals surface area contributed by atoms with Crippen molar-refractivity contribution in [3.63, 3.8) is 0 Å². The molecule has 74 valence electrons. The van der Waals surface area contributed by atoms with Crippen LogP contribution in [0.1, 0.15) is 12.7 Å². The number of aryl methyl sites for hydroxylation is 1. The second kappa shape index (κ2) is 3.42. The summed E-state index contributed by atoms with van der Waals surface area (Å²) in [6.45, 7) is 2.04. The number of anilines is 1. The van der Waals surface area contributed by atoms with Gasteiger partial charge in [0.05, 0.1) is 0 Å².